The Morgan fingerprint density at radius 2 is 1.53 bits per heavy atom. The third kappa shape index (κ3) is 5.39. The molecule has 1 amide bonds. The van der Waals surface area contributed by atoms with Crippen molar-refractivity contribution in [3.05, 3.63) is 83.9 Å². The van der Waals surface area contributed by atoms with E-state index < -0.39 is 10.0 Å². The van der Waals surface area contributed by atoms with E-state index in [0.29, 0.717) is 11.4 Å². The van der Waals surface area contributed by atoms with Crippen molar-refractivity contribution in [2.24, 2.45) is 0 Å². The van der Waals surface area contributed by atoms with Crippen LogP contribution in [-0.2, 0) is 14.8 Å². The van der Waals surface area contributed by atoms with Crippen molar-refractivity contribution in [3.63, 3.8) is 0 Å². The maximum Gasteiger partial charge on any atom is 0.261 e. The van der Waals surface area contributed by atoms with Crippen LogP contribution in [0.5, 0.6) is 5.75 Å². The second kappa shape index (κ2) is 9.45. The molecule has 6 nitrogen and oxygen atoms in total. The van der Waals surface area contributed by atoms with Crippen molar-refractivity contribution in [2.45, 2.75) is 25.2 Å². The van der Waals surface area contributed by atoms with Crippen LogP contribution in [0.1, 0.15) is 17.5 Å². The number of hydrogen-bond acceptors (Lipinski definition) is 4. The Bertz CT molecular complexity index is 1130. The fourth-order valence-corrected chi connectivity index (χ4v) is 3.93. The first-order chi connectivity index (χ1) is 14.4. The molecular weight excluding hydrogens is 400 g/mol. The van der Waals surface area contributed by atoms with Crippen LogP contribution in [0.3, 0.4) is 0 Å². The number of amides is 1. The zero-order valence-electron chi connectivity index (χ0n) is 16.9. The topological polar surface area (TPSA) is 84.5 Å². The number of hydrogen-bond donors (Lipinski definition) is 2. The van der Waals surface area contributed by atoms with E-state index in [-0.39, 0.29) is 23.8 Å². The van der Waals surface area contributed by atoms with Crippen LogP contribution in [-0.4, -0.2) is 20.9 Å². The molecule has 2 N–H and O–H groups in total. The summed E-state index contributed by atoms with van der Waals surface area (Å²) in [5.41, 5.74) is 2.84. The number of benzene rings is 3. The number of ether oxygens (including phenoxy) is 1. The highest BCUT2D eigenvalue weighted by molar-refractivity contribution is 7.92. The van der Waals surface area contributed by atoms with Crippen molar-refractivity contribution in [1.29, 1.82) is 0 Å². The Balaban J connectivity index is 1.63. The van der Waals surface area contributed by atoms with E-state index in [1.54, 1.807) is 42.5 Å². The van der Waals surface area contributed by atoms with Gasteiger partial charge in [0.15, 0.2) is 0 Å². The summed E-state index contributed by atoms with van der Waals surface area (Å²) in [5, 5.41) is 2.75. The molecule has 0 aliphatic rings. The summed E-state index contributed by atoms with van der Waals surface area (Å²) in [6, 6.07) is 20.5. The van der Waals surface area contributed by atoms with Crippen LogP contribution in [0.2, 0.25) is 0 Å². The molecule has 0 fully saturated rings. The summed E-state index contributed by atoms with van der Waals surface area (Å²) in [6.07, 6.45) is 0.132. The van der Waals surface area contributed by atoms with Gasteiger partial charge in [-0.3, -0.25) is 9.52 Å². The average molecular weight is 425 g/mol. The Kier molecular flexibility index (Phi) is 6.74. The molecule has 0 saturated heterocycles. The van der Waals surface area contributed by atoms with Crippen LogP contribution in [0, 0.1) is 13.8 Å². The van der Waals surface area contributed by atoms with Gasteiger partial charge in [0.05, 0.1) is 29.3 Å². The molecule has 3 rings (SSSR count). The summed E-state index contributed by atoms with van der Waals surface area (Å²) in [6.45, 7) is 4.19. The Labute approximate surface area is 177 Å². The monoisotopic (exact) mass is 424 g/mol. The van der Waals surface area contributed by atoms with E-state index in [1.165, 1.54) is 12.1 Å². The minimum absolute atomic E-state index is 0.132. The van der Waals surface area contributed by atoms with Crippen LogP contribution >= 0.6 is 0 Å². The quantitative estimate of drug-likeness (QED) is 0.557. The lowest BCUT2D eigenvalue weighted by Crippen LogP contribution is -2.18. The number of nitrogens with one attached hydrogen (secondary N) is 2. The predicted molar refractivity (Wildman–Crippen MR) is 118 cm³/mol. The number of aryl methyl sites for hydroxylation is 1. The second-order valence-electron chi connectivity index (χ2n) is 6.81. The lowest BCUT2D eigenvalue weighted by atomic mass is 10.1. The fourth-order valence-electron chi connectivity index (χ4n) is 2.83. The summed E-state index contributed by atoms with van der Waals surface area (Å²) >= 11 is 0. The van der Waals surface area contributed by atoms with Gasteiger partial charge >= 0.3 is 0 Å². The summed E-state index contributed by atoms with van der Waals surface area (Å²) in [4.78, 5) is 12.5. The fraction of sp³-hybridized carbons (Fsp3) is 0.174. The van der Waals surface area contributed by atoms with Crippen molar-refractivity contribution in [1.82, 2.24) is 0 Å². The highest BCUT2D eigenvalue weighted by Gasteiger charge is 2.16. The van der Waals surface area contributed by atoms with Crippen molar-refractivity contribution < 1.29 is 17.9 Å². The van der Waals surface area contributed by atoms with Gasteiger partial charge in [-0.1, -0.05) is 42.5 Å². The number of rotatable bonds is 8. The lowest BCUT2D eigenvalue weighted by Gasteiger charge is -2.14. The second-order valence-corrected chi connectivity index (χ2v) is 8.49. The first-order valence-corrected chi connectivity index (χ1v) is 11.0. The third-order valence-electron chi connectivity index (χ3n) is 4.64. The molecule has 156 valence electrons. The SMILES string of the molecule is Cc1cccc(OCCC(=O)Nc2ccccc2NS(=O)(=O)c2ccccc2)c1C. The number of anilines is 2. The predicted octanol–water partition coefficient (Wildman–Crippen LogP) is 4.51. The average Bonchev–Trinajstić information content (AvgIpc) is 2.73. The Morgan fingerprint density at radius 3 is 2.27 bits per heavy atom. The van der Waals surface area contributed by atoms with Crippen molar-refractivity contribution in [2.75, 3.05) is 16.6 Å². The number of carbonyl (C=O) groups is 1. The van der Waals surface area contributed by atoms with Crippen LogP contribution in [0.15, 0.2) is 77.7 Å². The van der Waals surface area contributed by atoms with Gasteiger partial charge in [0, 0.05) is 0 Å². The lowest BCUT2D eigenvalue weighted by molar-refractivity contribution is -0.116. The van der Waals surface area contributed by atoms with E-state index in [1.807, 2.05) is 32.0 Å². The summed E-state index contributed by atoms with van der Waals surface area (Å²) in [7, 11) is -3.76. The molecule has 0 bridgehead atoms. The van der Waals surface area contributed by atoms with Gasteiger partial charge < -0.3 is 10.1 Å². The molecule has 0 unspecified atom stereocenters. The summed E-state index contributed by atoms with van der Waals surface area (Å²) < 4.78 is 33.4. The van der Waals surface area contributed by atoms with Crippen LogP contribution in [0.4, 0.5) is 11.4 Å². The summed E-state index contributed by atoms with van der Waals surface area (Å²) in [5.74, 6) is 0.477. The molecule has 0 aliphatic heterocycles. The molecule has 3 aromatic rings. The van der Waals surface area contributed by atoms with E-state index in [4.69, 9.17) is 4.74 Å². The molecular formula is C23H24N2O4S. The van der Waals surface area contributed by atoms with E-state index >= 15 is 0 Å². The van der Waals surface area contributed by atoms with Gasteiger partial charge in [0.1, 0.15) is 5.75 Å². The molecule has 30 heavy (non-hydrogen) atoms. The van der Waals surface area contributed by atoms with Crippen LogP contribution < -0.4 is 14.8 Å². The maximum absolute atomic E-state index is 12.6. The van der Waals surface area contributed by atoms with E-state index in [0.717, 1.165) is 16.9 Å². The van der Waals surface area contributed by atoms with Gasteiger partial charge in [-0.05, 0) is 55.3 Å². The minimum atomic E-state index is -3.76. The van der Waals surface area contributed by atoms with Gasteiger partial charge in [0.2, 0.25) is 5.91 Å². The molecule has 3 aromatic carbocycles. The number of para-hydroxylation sites is 2. The number of carbonyl (C=O) groups excluding carboxylic acids is 1. The van der Waals surface area contributed by atoms with E-state index in [9.17, 15) is 13.2 Å². The zero-order chi connectivity index (χ0) is 21.6. The maximum atomic E-state index is 12.6. The standard InChI is InChI=1S/C23H24N2O4S/c1-17-9-8-14-22(18(17)2)29-16-15-23(26)24-20-12-6-7-13-21(20)25-30(27,28)19-10-4-3-5-11-19/h3-14,25H,15-16H2,1-2H3,(H,24,26). The van der Waals surface area contributed by atoms with Gasteiger partial charge in [-0.2, -0.15) is 0 Å². The van der Waals surface area contributed by atoms with Crippen LogP contribution in [0.25, 0.3) is 0 Å². The molecule has 0 radical (unpaired) electrons. The Morgan fingerprint density at radius 1 is 0.867 bits per heavy atom. The highest BCUT2D eigenvalue weighted by Crippen LogP contribution is 2.25. The zero-order valence-corrected chi connectivity index (χ0v) is 17.7. The highest BCUT2D eigenvalue weighted by atomic mass is 32.2. The first kappa shape index (κ1) is 21.4. The first-order valence-electron chi connectivity index (χ1n) is 9.52. The molecule has 7 heteroatoms. The smallest absolute Gasteiger partial charge is 0.261 e. The third-order valence-corrected chi connectivity index (χ3v) is 6.02. The largest absolute Gasteiger partial charge is 0.493 e. The van der Waals surface area contributed by atoms with Crippen molar-refractivity contribution in [3.8, 4) is 5.75 Å². The van der Waals surface area contributed by atoms with Gasteiger partial charge in [-0.25, -0.2) is 8.42 Å². The normalized spacial score (nSPS) is 11.0. The molecule has 0 atom stereocenters. The minimum Gasteiger partial charge on any atom is -0.493 e. The molecule has 0 spiro atoms. The Hall–Kier alpha value is -3.32. The van der Waals surface area contributed by atoms with Crippen molar-refractivity contribution >= 4 is 27.3 Å². The van der Waals surface area contributed by atoms with Gasteiger partial charge in [-0.15, -0.1) is 0 Å². The molecule has 0 aliphatic carbocycles. The van der Waals surface area contributed by atoms with Gasteiger partial charge in [0.25, 0.3) is 10.0 Å². The molecule has 0 aromatic heterocycles. The van der Waals surface area contributed by atoms with E-state index in [2.05, 4.69) is 10.0 Å². The molecule has 0 heterocycles. The number of sulfonamides is 1. The molecule has 0 saturated carbocycles.